The number of halogens is 1. The Hall–Kier alpha value is -1.99. The molecule has 1 aliphatic rings. The number of aliphatic hydroxyl groups excluding tert-OH is 1. The SMILES string of the molecule is OC(COc1cccc(CNCCc2ccccc2F)c1)CN1CCOCC1. The standard InChI is InChI=1S/C22H29FN2O3/c23-22-7-2-1-5-19(22)8-9-24-15-18-4-3-6-21(14-18)28-17-20(26)16-25-10-12-27-13-11-25/h1-7,14,20,24,26H,8-13,15-17H2. The van der Waals surface area contributed by atoms with E-state index in [4.69, 9.17) is 9.47 Å². The molecule has 0 spiro atoms. The molecule has 5 nitrogen and oxygen atoms in total. The van der Waals surface area contributed by atoms with Gasteiger partial charge in [0.15, 0.2) is 0 Å². The number of benzene rings is 2. The monoisotopic (exact) mass is 388 g/mol. The van der Waals surface area contributed by atoms with Gasteiger partial charge in [-0.1, -0.05) is 30.3 Å². The van der Waals surface area contributed by atoms with Gasteiger partial charge in [0, 0.05) is 26.2 Å². The number of β-amino-alcohol motifs (C(OH)–C–C–N with tert-alkyl or cyclic N) is 1. The van der Waals surface area contributed by atoms with Crippen LogP contribution < -0.4 is 10.1 Å². The van der Waals surface area contributed by atoms with E-state index >= 15 is 0 Å². The van der Waals surface area contributed by atoms with Crippen molar-refractivity contribution in [2.45, 2.75) is 19.1 Å². The van der Waals surface area contributed by atoms with Gasteiger partial charge in [-0.3, -0.25) is 4.90 Å². The van der Waals surface area contributed by atoms with Crippen LogP contribution in [-0.2, 0) is 17.7 Å². The van der Waals surface area contributed by atoms with Gasteiger partial charge in [0.2, 0.25) is 0 Å². The molecule has 152 valence electrons. The van der Waals surface area contributed by atoms with Crippen LogP contribution >= 0.6 is 0 Å². The summed E-state index contributed by atoms with van der Waals surface area (Å²) in [7, 11) is 0. The van der Waals surface area contributed by atoms with Gasteiger partial charge in [-0.05, 0) is 42.3 Å². The molecule has 0 aromatic heterocycles. The summed E-state index contributed by atoms with van der Waals surface area (Å²) in [5, 5.41) is 13.5. The van der Waals surface area contributed by atoms with E-state index in [0.29, 0.717) is 26.1 Å². The highest BCUT2D eigenvalue weighted by molar-refractivity contribution is 5.28. The smallest absolute Gasteiger partial charge is 0.126 e. The van der Waals surface area contributed by atoms with E-state index < -0.39 is 6.10 Å². The Morgan fingerprint density at radius 2 is 1.96 bits per heavy atom. The van der Waals surface area contributed by atoms with Crippen LogP contribution in [0.5, 0.6) is 5.75 Å². The Morgan fingerprint density at radius 3 is 2.79 bits per heavy atom. The van der Waals surface area contributed by atoms with Crippen molar-refractivity contribution >= 4 is 0 Å². The van der Waals surface area contributed by atoms with Gasteiger partial charge in [-0.15, -0.1) is 0 Å². The maximum absolute atomic E-state index is 13.6. The Balaban J connectivity index is 1.37. The highest BCUT2D eigenvalue weighted by atomic mass is 19.1. The van der Waals surface area contributed by atoms with Crippen molar-refractivity contribution in [1.29, 1.82) is 0 Å². The van der Waals surface area contributed by atoms with Gasteiger partial charge in [0.1, 0.15) is 24.3 Å². The number of nitrogens with one attached hydrogen (secondary N) is 1. The summed E-state index contributed by atoms with van der Waals surface area (Å²) in [6, 6.07) is 14.7. The molecule has 0 radical (unpaired) electrons. The van der Waals surface area contributed by atoms with Crippen molar-refractivity contribution in [1.82, 2.24) is 10.2 Å². The second-order valence-corrected chi connectivity index (χ2v) is 7.04. The molecule has 1 fully saturated rings. The van der Waals surface area contributed by atoms with Crippen LogP contribution in [0.15, 0.2) is 48.5 Å². The molecule has 3 rings (SSSR count). The van der Waals surface area contributed by atoms with Crippen LogP contribution in [0, 0.1) is 5.82 Å². The lowest BCUT2D eigenvalue weighted by Crippen LogP contribution is -2.42. The first kappa shape index (κ1) is 20.7. The zero-order valence-electron chi connectivity index (χ0n) is 16.1. The average molecular weight is 388 g/mol. The van der Waals surface area contributed by atoms with Gasteiger partial charge >= 0.3 is 0 Å². The Kier molecular flexibility index (Phi) is 8.23. The fourth-order valence-corrected chi connectivity index (χ4v) is 3.23. The quantitative estimate of drug-likeness (QED) is 0.612. The molecule has 0 bridgehead atoms. The lowest BCUT2D eigenvalue weighted by Gasteiger charge is -2.28. The molecule has 28 heavy (non-hydrogen) atoms. The predicted molar refractivity (Wildman–Crippen MR) is 107 cm³/mol. The molecule has 0 amide bonds. The summed E-state index contributed by atoms with van der Waals surface area (Å²) in [6.45, 7) is 5.39. The first-order chi connectivity index (χ1) is 13.7. The normalized spacial score (nSPS) is 16.1. The minimum atomic E-state index is -0.527. The molecule has 0 saturated carbocycles. The van der Waals surface area contributed by atoms with Crippen LogP contribution in [0.2, 0.25) is 0 Å². The van der Waals surface area contributed by atoms with Crippen molar-refractivity contribution in [2.75, 3.05) is 46.0 Å². The van der Waals surface area contributed by atoms with Gasteiger partial charge in [-0.2, -0.15) is 0 Å². The van der Waals surface area contributed by atoms with E-state index in [-0.39, 0.29) is 12.4 Å². The zero-order chi connectivity index (χ0) is 19.6. The highest BCUT2D eigenvalue weighted by Crippen LogP contribution is 2.14. The van der Waals surface area contributed by atoms with Crippen molar-refractivity contribution < 1.29 is 19.0 Å². The van der Waals surface area contributed by atoms with E-state index in [1.165, 1.54) is 6.07 Å². The molecule has 0 aliphatic carbocycles. The third kappa shape index (κ3) is 6.87. The van der Waals surface area contributed by atoms with E-state index in [0.717, 1.165) is 43.2 Å². The van der Waals surface area contributed by atoms with Gasteiger partial charge in [-0.25, -0.2) is 4.39 Å². The van der Waals surface area contributed by atoms with Gasteiger partial charge < -0.3 is 19.9 Å². The molecule has 1 atom stereocenters. The van der Waals surface area contributed by atoms with Crippen LogP contribution in [0.1, 0.15) is 11.1 Å². The van der Waals surface area contributed by atoms with Crippen molar-refractivity contribution in [2.24, 2.45) is 0 Å². The van der Waals surface area contributed by atoms with Crippen LogP contribution in [-0.4, -0.2) is 62.1 Å². The predicted octanol–water partition coefficient (Wildman–Crippen LogP) is 2.23. The number of hydrogen-bond donors (Lipinski definition) is 2. The van der Waals surface area contributed by atoms with Crippen LogP contribution in [0.3, 0.4) is 0 Å². The van der Waals surface area contributed by atoms with Crippen molar-refractivity contribution in [3.63, 3.8) is 0 Å². The number of aliphatic hydroxyl groups is 1. The van der Waals surface area contributed by atoms with Crippen molar-refractivity contribution in [3.05, 3.63) is 65.5 Å². The minimum Gasteiger partial charge on any atom is -0.491 e. The molecular formula is C22H29FN2O3. The molecule has 1 unspecified atom stereocenters. The third-order valence-corrected chi connectivity index (χ3v) is 4.77. The second kappa shape index (κ2) is 11.1. The number of ether oxygens (including phenoxy) is 2. The van der Waals surface area contributed by atoms with Crippen LogP contribution in [0.25, 0.3) is 0 Å². The topological polar surface area (TPSA) is 54.0 Å². The van der Waals surface area contributed by atoms with Crippen molar-refractivity contribution in [3.8, 4) is 5.75 Å². The largest absolute Gasteiger partial charge is 0.491 e. The van der Waals surface area contributed by atoms with E-state index in [1.54, 1.807) is 6.07 Å². The summed E-state index contributed by atoms with van der Waals surface area (Å²) >= 11 is 0. The number of nitrogens with zero attached hydrogens (tertiary/aromatic N) is 1. The molecule has 2 aromatic carbocycles. The molecule has 1 aliphatic heterocycles. The summed E-state index contributed by atoms with van der Waals surface area (Å²) in [4.78, 5) is 2.19. The lowest BCUT2D eigenvalue weighted by molar-refractivity contribution is 0.00465. The minimum absolute atomic E-state index is 0.157. The highest BCUT2D eigenvalue weighted by Gasteiger charge is 2.15. The maximum Gasteiger partial charge on any atom is 0.126 e. The number of hydrogen-bond acceptors (Lipinski definition) is 5. The molecule has 1 heterocycles. The average Bonchev–Trinajstić information content (AvgIpc) is 2.72. The summed E-state index contributed by atoms with van der Waals surface area (Å²) in [6.07, 6.45) is 0.122. The maximum atomic E-state index is 13.6. The second-order valence-electron chi connectivity index (χ2n) is 7.04. The molecule has 1 saturated heterocycles. The molecular weight excluding hydrogens is 359 g/mol. The first-order valence-electron chi connectivity index (χ1n) is 9.85. The number of morpholine rings is 1. The number of rotatable bonds is 10. The summed E-state index contributed by atoms with van der Waals surface area (Å²) < 4.78 is 24.7. The van der Waals surface area contributed by atoms with Gasteiger partial charge in [0.25, 0.3) is 0 Å². The van der Waals surface area contributed by atoms with E-state index in [9.17, 15) is 9.50 Å². The first-order valence-corrected chi connectivity index (χ1v) is 9.85. The zero-order valence-corrected chi connectivity index (χ0v) is 16.1. The fraction of sp³-hybridized carbons (Fsp3) is 0.455. The summed E-state index contributed by atoms with van der Waals surface area (Å²) in [5.74, 6) is 0.588. The molecule has 2 N–H and O–H groups in total. The molecule has 2 aromatic rings. The lowest BCUT2D eigenvalue weighted by atomic mass is 10.1. The van der Waals surface area contributed by atoms with E-state index in [2.05, 4.69) is 10.2 Å². The van der Waals surface area contributed by atoms with E-state index in [1.807, 2.05) is 36.4 Å². The Bertz CT molecular complexity index is 722. The molecule has 6 heteroatoms. The Morgan fingerprint density at radius 1 is 1.14 bits per heavy atom. The summed E-state index contributed by atoms with van der Waals surface area (Å²) in [5.41, 5.74) is 1.81. The third-order valence-electron chi connectivity index (χ3n) is 4.77. The Labute approximate surface area is 166 Å². The van der Waals surface area contributed by atoms with Gasteiger partial charge in [0.05, 0.1) is 13.2 Å². The fourth-order valence-electron chi connectivity index (χ4n) is 3.23. The van der Waals surface area contributed by atoms with Crippen LogP contribution in [0.4, 0.5) is 4.39 Å².